The summed E-state index contributed by atoms with van der Waals surface area (Å²) in [6.45, 7) is 5.36. The molecule has 0 amide bonds. The number of rotatable bonds is 10. The predicted octanol–water partition coefficient (Wildman–Crippen LogP) is 2.23. The third kappa shape index (κ3) is 5.95. The summed E-state index contributed by atoms with van der Waals surface area (Å²) >= 11 is 3.36. The zero-order valence-corrected chi connectivity index (χ0v) is 14.5. The van der Waals surface area contributed by atoms with Gasteiger partial charge in [-0.2, -0.15) is 0 Å². The van der Waals surface area contributed by atoms with Crippen molar-refractivity contribution in [1.82, 2.24) is 15.5 Å². The largest absolute Gasteiger partial charge is 0.394 e. The fourth-order valence-corrected chi connectivity index (χ4v) is 3.49. The van der Waals surface area contributed by atoms with E-state index in [1.54, 1.807) is 23.1 Å². The zero-order valence-electron chi connectivity index (χ0n) is 12.8. The summed E-state index contributed by atoms with van der Waals surface area (Å²) in [4.78, 5) is 1.97. The van der Waals surface area contributed by atoms with Gasteiger partial charge < -0.3 is 15.3 Å². The van der Waals surface area contributed by atoms with E-state index in [-0.39, 0.29) is 12.1 Å². The van der Waals surface area contributed by atoms with Crippen molar-refractivity contribution in [2.75, 3.05) is 37.9 Å². The summed E-state index contributed by atoms with van der Waals surface area (Å²) in [6.07, 6.45) is 3.10. The summed E-state index contributed by atoms with van der Waals surface area (Å²) in [5, 5.41) is 22.1. The molecule has 0 aliphatic carbocycles. The van der Waals surface area contributed by atoms with Crippen LogP contribution < -0.4 is 10.2 Å². The molecule has 0 radical (unpaired) electrons. The standard InChI is InChI=1S/C13H26N4OS2/c1-5-8-14-13(2,10-18)7-6-9-19-12-16-15-11(20-12)17(3)4/h14,18H,5-10H2,1-4H3. The molecule has 0 bridgehead atoms. The van der Waals surface area contributed by atoms with Gasteiger partial charge in [-0.25, -0.2) is 0 Å². The summed E-state index contributed by atoms with van der Waals surface area (Å²) < 4.78 is 1.01. The minimum absolute atomic E-state index is 0.160. The highest BCUT2D eigenvalue weighted by Gasteiger charge is 2.21. The molecule has 5 nitrogen and oxygen atoms in total. The molecule has 1 aromatic rings. The Morgan fingerprint density at radius 3 is 2.70 bits per heavy atom. The van der Waals surface area contributed by atoms with Crippen LogP contribution in [0.5, 0.6) is 0 Å². The molecule has 1 aromatic heterocycles. The Morgan fingerprint density at radius 1 is 1.40 bits per heavy atom. The molecule has 7 heteroatoms. The molecule has 0 aliphatic heterocycles. The number of hydrogen-bond donors (Lipinski definition) is 2. The van der Waals surface area contributed by atoms with Crippen molar-refractivity contribution in [3.05, 3.63) is 0 Å². The van der Waals surface area contributed by atoms with E-state index in [1.807, 2.05) is 19.0 Å². The number of nitrogens with one attached hydrogen (secondary N) is 1. The van der Waals surface area contributed by atoms with Crippen molar-refractivity contribution in [3.63, 3.8) is 0 Å². The van der Waals surface area contributed by atoms with Crippen molar-refractivity contribution >= 4 is 28.2 Å². The topological polar surface area (TPSA) is 61.3 Å². The lowest BCUT2D eigenvalue weighted by molar-refractivity contribution is 0.165. The Hall–Kier alpha value is -0.370. The molecular weight excluding hydrogens is 292 g/mol. The summed E-state index contributed by atoms with van der Waals surface area (Å²) in [5.41, 5.74) is -0.160. The zero-order chi connectivity index (χ0) is 15.0. The highest BCUT2D eigenvalue weighted by atomic mass is 32.2. The average Bonchev–Trinajstić information content (AvgIpc) is 2.90. The fourth-order valence-electron chi connectivity index (χ4n) is 1.71. The number of aliphatic hydroxyl groups excluding tert-OH is 1. The lowest BCUT2D eigenvalue weighted by Gasteiger charge is -2.28. The summed E-state index contributed by atoms with van der Waals surface area (Å²) in [7, 11) is 3.95. The van der Waals surface area contributed by atoms with Crippen LogP contribution in [0.25, 0.3) is 0 Å². The van der Waals surface area contributed by atoms with Gasteiger partial charge in [-0.1, -0.05) is 30.0 Å². The maximum Gasteiger partial charge on any atom is 0.208 e. The second-order valence-electron chi connectivity index (χ2n) is 5.34. The van der Waals surface area contributed by atoms with Gasteiger partial charge in [0, 0.05) is 25.4 Å². The Bertz CT molecular complexity index is 386. The van der Waals surface area contributed by atoms with Crippen LogP contribution in [0.1, 0.15) is 33.1 Å². The number of aliphatic hydroxyl groups is 1. The van der Waals surface area contributed by atoms with E-state index < -0.39 is 0 Å². The maximum atomic E-state index is 9.50. The van der Waals surface area contributed by atoms with Gasteiger partial charge in [0.2, 0.25) is 5.13 Å². The molecule has 0 saturated carbocycles. The molecule has 1 rings (SSSR count). The van der Waals surface area contributed by atoms with Gasteiger partial charge in [0.1, 0.15) is 0 Å². The van der Waals surface area contributed by atoms with Crippen LogP contribution in [0.4, 0.5) is 5.13 Å². The van der Waals surface area contributed by atoms with Crippen LogP contribution in [0.3, 0.4) is 0 Å². The van der Waals surface area contributed by atoms with Crippen molar-refractivity contribution in [2.24, 2.45) is 0 Å². The van der Waals surface area contributed by atoms with Crippen LogP contribution in [-0.4, -0.2) is 53.8 Å². The average molecular weight is 319 g/mol. The molecule has 0 saturated heterocycles. The molecule has 20 heavy (non-hydrogen) atoms. The molecule has 1 atom stereocenters. The smallest absolute Gasteiger partial charge is 0.208 e. The Morgan fingerprint density at radius 2 is 2.15 bits per heavy atom. The predicted molar refractivity (Wildman–Crippen MR) is 88.0 cm³/mol. The highest BCUT2D eigenvalue weighted by Crippen LogP contribution is 2.28. The fraction of sp³-hybridized carbons (Fsp3) is 0.846. The van der Waals surface area contributed by atoms with E-state index in [2.05, 4.69) is 29.4 Å². The SMILES string of the molecule is CCCNC(C)(CO)CCCSc1nnc(N(C)C)s1. The third-order valence-electron chi connectivity index (χ3n) is 3.03. The number of hydrogen-bond acceptors (Lipinski definition) is 7. The minimum Gasteiger partial charge on any atom is -0.394 e. The molecule has 1 unspecified atom stereocenters. The first-order valence-electron chi connectivity index (χ1n) is 7.00. The molecule has 0 fully saturated rings. The lowest BCUT2D eigenvalue weighted by atomic mass is 9.97. The Labute approximate surface area is 130 Å². The quantitative estimate of drug-likeness (QED) is 0.509. The van der Waals surface area contributed by atoms with Crippen LogP contribution >= 0.6 is 23.1 Å². The van der Waals surface area contributed by atoms with Crippen LogP contribution in [0.15, 0.2) is 4.34 Å². The maximum absolute atomic E-state index is 9.50. The Balaban J connectivity index is 2.29. The monoisotopic (exact) mass is 318 g/mol. The number of anilines is 1. The Kier molecular flexibility index (Phi) is 7.79. The second-order valence-corrected chi connectivity index (χ2v) is 7.64. The first kappa shape index (κ1) is 17.7. The molecule has 0 aliphatic rings. The van der Waals surface area contributed by atoms with E-state index in [1.165, 1.54) is 0 Å². The molecule has 1 heterocycles. The van der Waals surface area contributed by atoms with Gasteiger partial charge in [0.25, 0.3) is 0 Å². The van der Waals surface area contributed by atoms with E-state index in [0.29, 0.717) is 0 Å². The van der Waals surface area contributed by atoms with E-state index in [9.17, 15) is 5.11 Å². The van der Waals surface area contributed by atoms with Crippen molar-refractivity contribution < 1.29 is 5.11 Å². The number of thioether (sulfide) groups is 1. The minimum atomic E-state index is -0.160. The lowest BCUT2D eigenvalue weighted by Crippen LogP contribution is -2.46. The van der Waals surface area contributed by atoms with Gasteiger partial charge in [-0.05, 0) is 32.7 Å². The number of aromatic nitrogens is 2. The summed E-state index contributed by atoms with van der Waals surface area (Å²) in [5.74, 6) is 1.01. The van der Waals surface area contributed by atoms with E-state index >= 15 is 0 Å². The second kappa shape index (κ2) is 8.81. The van der Waals surface area contributed by atoms with E-state index in [4.69, 9.17) is 0 Å². The molecule has 0 aromatic carbocycles. The third-order valence-corrected chi connectivity index (χ3v) is 5.34. The van der Waals surface area contributed by atoms with E-state index in [0.717, 1.165) is 41.0 Å². The molecular formula is C13H26N4OS2. The van der Waals surface area contributed by atoms with Crippen molar-refractivity contribution in [3.8, 4) is 0 Å². The first-order valence-corrected chi connectivity index (χ1v) is 8.80. The molecule has 116 valence electrons. The number of nitrogens with zero attached hydrogens (tertiary/aromatic N) is 3. The van der Waals surface area contributed by atoms with Gasteiger partial charge in [-0.3, -0.25) is 0 Å². The van der Waals surface area contributed by atoms with Gasteiger partial charge in [-0.15, -0.1) is 10.2 Å². The van der Waals surface area contributed by atoms with Gasteiger partial charge >= 0.3 is 0 Å². The normalized spacial score (nSPS) is 14.2. The molecule has 0 spiro atoms. The van der Waals surface area contributed by atoms with Crippen molar-refractivity contribution in [2.45, 2.75) is 43.0 Å². The van der Waals surface area contributed by atoms with Gasteiger partial charge in [0.05, 0.1) is 6.61 Å². The first-order chi connectivity index (χ1) is 9.50. The van der Waals surface area contributed by atoms with Crippen LogP contribution in [-0.2, 0) is 0 Å². The molecule has 2 N–H and O–H groups in total. The van der Waals surface area contributed by atoms with Crippen LogP contribution in [0.2, 0.25) is 0 Å². The highest BCUT2D eigenvalue weighted by molar-refractivity contribution is 8.01. The van der Waals surface area contributed by atoms with Crippen LogP contribution in [0, 0.1) is 0 Å². The summed E-state index contributed by atoms with van der Waals surface area (Å²) in [6, 6.07) is 0. The van der Waals surface area contributed by atoms with Gasteiger partial charge in [0.15, 0.2) is 4.34 Å². The van der Waals surface area contributed by atoms with Crippen molar-refractivity contribution in [1.29, 1.82) is 0 Å².